The van der Waals surface area contributed by atoms with Crippen LogP contribution in [0, 0.1) is 0 Å². The molecular formula is C21H33ClN4O3S. The number of nitrogens with one attached hydrogen (secondary N) is 1. The van der Waals surface area contributed by atoms with E-state index in [4.69, 9.17) is 11.6 Å². The largest absolute Gasteiger partial charge is 0.336 e. The van der Waals surface area contributed by atoms with Crippen LogP contribution in [0.1, 0.15) is 36.5 Å². The number of amides is 1. The van der Waals surface area contributed by atoms with Crippen LogP contribution in [0.15, 0.2) is 24.3 Å². The van der Waals surface area contributed by atoms with E-state index in [1.807, 2.05) is 0 Å². The summed E-state index contributed by atoms with van der Waals surface area (Å²) in [5.74, 6) is -0.200. The molecule has 1 atom stereocenters. The first kappa shape index (κ1) is 23.5. The number of carbonyl (C=O) groups excluding carboxylic acids is 1. The molecule has 7 nitrogen and oxygen atoms in total. The quantitative estimate of drug-likeness (QED) is 0.646. The number of halogens is 1. The van der Waals surface area contributed by atoms with E-state index in [1.54, 1.807) is 29.2 Å². The molecule has 0 aromatic heterocycles. The molecule has 0 saturated carbocycles. The van der Waals surface area contributed by atoms with Gasteiger partial charge in [0, 0.05) is 62.4 Å². The number of carbonyl (C=O) groups is 1. The fourth-order valence-corrected chi connectivity index (χ4v) is 5.68. The highest BCUT2D eigenvalue weighted by Gasteiger charge is 2.27. The number of hydrogen-bond acceptors (Lipinski definition) is 5. The molecular weight excluding hydrogens is 424 g/mol. The van der Waals surface area contributed by atoms with Crippen molar-refractivity contribution in [3.8, 4) is 0 Å². The first-order chi connectivity index (χ1) is 14.4. The molecule has 1 N–H and O–H groups in total. The van der Waals surface area contributed by atoms with Gasteiger partial charge < -0.3 is 10.2 Å². The van der Waals surface area contributed by atoms with Crippen LogP contribution in [0.3, 0.4) is 0 Å². The lowest BCUT2D eigenvalue weighted by atomic mass is 10.0. The summed E-state index contributed by atoms with van der Waals surface area (Å²) >= 11 is 5.96. The third-order valence-electron chi connectivity index (χ3n) is 6.06. The zero-order chi connectivity index (χ0) is 21.6. The Hall–Kier alpha value is -1.19. The fourth-order valence-electron chi connectivity index (χ4n) is 4.11. The van der Waals surface area contributed by atoms with Gasteiger partial charge in [0.25, 0.3) is 5.91 Å². The second kappa shape index (κ2) is 10.9. The summed E-state index contributed by atoms with van der Waals surface area (Å²) in [6.07, 6.45) is 3.59. The van der Waals surface area contributed by atoms with Crippen molar-refractivity contribution in [1.29, 1.82) is 0 Å². The first-order valence-corrected chi connectivity index (χ1v) is 12.8. The topological polar surface area (TPSA) is 73.0 Å². The number of piperazine rings is 1. The molecule has 1 amide bonds. The van der Waals surface area contributed by atoms with Crippen molar-refractivity contribution in [2.75, 3.05) is 58.1 Å². The van der Waals surface area contributed by atoms with E-state index < -0.39 is 10.0 Å². The summed E-state index contributed by atoms with van der Waals surface area (Å²) in [7, 11) is -3.39. The van der Waals surface area contributed by atoms with Crippen molar-refractivity contribution in [2.45, 2.75) is 32.2 Å². The Morgan fingerprint density at radius 3 is 2.50 bits per heavy atom. The van der Waals surface area contributed by atoms with E-state index >= 15 is 0 Å². The Bertz CT molecular complexity index is 797. The van der Waals surface area contributed by atoms with Crippen LogP contribution in [0.25, 0.3) is 0 Å². The Balaban J connectivity index is 1.67. The number of benzene rings is 1. The van der Waals surface area contributed by atoms with Crippen LogP contribution in [-0.2, 0) is 10.0 Å². The minimum Gasteiger partial charge on any atom is -0.336 e. The number of likely N-dealkylation sites (tertiary alicyclic amines) is 1. The highest BCUT2D eigenvalue weighted by molar-refractivity contribution is 7.89. The Labute approximate surface area is 185 Å². The van der Waals surface area contributed by atoms with E-state index in [-0.39, 0.29) is 18.2 Å². The number of nitrogens with zero attached hydrogens (tertiary/aromatic N) is 3. The van der Waals surface area contributed by atoms with Gasteiger partial charge in [0.1, 0.15) is 0 Å². The van der Waals surface area contributed by atoms with Crippen molar-refractivity contribution in [1.82, 2.24) is 19.4 Å². The molecule has 3 rings (SSSR count). The lowest BCUT2D eigenvalue weighted by Gasteiger charge is -2.35. The second-order valence-electron chi connectivity index (χ2n) is 8.14. The van der Waals surface area contributed by atoms with Gasteiger partial charge in [-0.1, -0.05) is 18.0 Å². The molecule has 0 bridgehead atoms. The van der Waals surface area contributed by atoms with Gasteiger partial charge in [0.2, 0.25) is 10.0 Å². The minimum atomic E-state index is -3.39. The van der Waals surface area contributed by atoms with Crippen LogP contribution in [0.4, 0.5) is 0 Å². The van der Waals surface area contributed by atoms with E-state index in [2.05, 4.69) is 17.1 Å². The maximum atomic E-state index is 13.1. The number of sulfonamides is 1. The standard InChI is InChI=1S/C21H33ClN4O3S/c1-18-4-2-3-11-24(18)14-15-25(21(27)19-5-7-20(22)8-6-19)16-17-30(28,29)26-12-9-23-10-13-26/h5-8,18,23H,2-4,9-17H2,1H3. The molecule has 9 heteroatoms. The molecule has 2 saturated heterocycles. The fraction of sp³-hybridized carbons (Fsp3) is 0.667. The monoisotopic (exact) mass is 456 g/mol. The normalized spacial score (nSPS) is 21.5. The first-order valence-electron chi connectivity index (χ1n) is 10.8. The van der Waals surface area contributed by atoms with E-state index in [1.165, 1.54) is 23.6 Å². The summed E-state index contributed by atoms with van der Waals surface area (Å²) in [6, 6.07) is 7.28. The van der Waals surface area contributed by atoms with E-state index in [0.717, 1.165) is 13.1 Å². The summed E-state index contributed by atoms with van der Waals surface area (Å²) in [6.45, 7) is 7.02. The lowest BCUT2D eigenvalue weighted by Crippen LogP contribution is -2.49. The van der Waals surface area contributed by atoms with Gasteiger partial charge in [-0.3, -0.25) is 9.69 Å². The van der Waals surface area contributed by atoms with Crippen LogP contribution in [0.2, 0.25) is 5.02 Å². The summed E-state index contributed by atoms with van der Waals surface area (Å²) in [5, 5.41) is 3.74. The number of hydrogen-bond donors (Lipinski definition) is 1. The van der Waals surface area contributed by atoms with Gasteiger partial charge in [-0.05, 0) is 50.6 Å². The van der Waals surface area contributed by atoms with Gasteiger partial charge in [-0.25, -0.2) is 8.42 Å². The van der Waals surface area contributed by atoms with Crippen molar-refractivity contribution < 1.29 is 13.2 Å². The molecule has 0 spiro atoms. The van der Waals surface area contributed by atoms with Crippen molar-refractivity contribution in [2.24, 2.45) is 0 Å². The van der Waals surface area contributed by atoms with Crippen LogP contribution >= 0.6 is 11.6 Å². The van der Waals surface area contributed by atoms with Crippen LogP contribution < -0.4 is 5.32 Å². The average Bonchev–Trinajstić information content (AvgIpc) is 2.75. The Kier molecular flexibility index (Phi) is 8.53. The van der Waals surface area contributed by atoms with Gasteiger partial charge in [0.05, 0.1) is 5.75 Å². The number of piperidine rings is 1. The SMILES string of the molecule is CC1CCCCN1CCN(CCS(=O)(=O)N1CCNCC1)C(=O)c1ccc(Cl)cc1. The van der Waals surface area contributed by atoms with Crippen LogP contribution in [-0.4, -0.2) is 92.6 Å². The molecule has 0 radical (unpaired) electrons. The smallest absolute Gasteiger partial charge is 0.253 e. The highest BCUT2D eigenvalue weighted by atomic mass is 35.5. The van der Waals surface area contributed by atoms with Crippen molar-refractivity contribution in [3.63, 3.8) is 0 Å². The molecule has 2 fully saturated rings. The molecule has 30 heavy (non-hydrogen) atoms. The van der Waals surface area contributed by atoms with E-state index in [9.17, 15) is 13.2 Å². The predicted octanol–water partition coefficient (Wildman–Crippen LogP) is 1.89. The van der Waals surface area contributed by atoms with Gasteiger partial charge in [0.15, 0.2) is 0 Å². The van der Waals surface area contributed by atoms with E-state index in [0.29, 0.717) is 49.4 Å². The third-order valence-corrected chi connectivity index (χ3v) is 8.17. The maximum Gasteiger partial charge on any atom is 0.253 e. The Morgan fingerprint density at radius 1 is 1.13 bits per heavy atom. The Morgan fingerprint density at radius 2 is 1.83 bits per heavy atom. The molecule has 2 heterocycles. The van der Waals surface area contributed by atoms with Gasteiger partial charge in [-0.2, -0.15) is 4.31 Å². The molecule has 0 aliphatic carbocycles. The molecule has 1 aromatic rings. The average molecular weight is 457 g/mol. The second-order valence-corrected chi connectivity index (χ2v) is 10.7. The summed E-state index contributed by atoms with van der Waals surface area (Å²) < 4.78 is 27.1. The summed E-state index contributed by atoms with van der Waals surface area (Å²) in [5.41, 5.74) is 0.533. The molecule has 168 valence electrons. The highest BCUT2D eigenvalue weighted by Crippen LogP contribution is 2.17. The molecule has 2 aliphatic rings. The maximum absolute atomic E-state index is 13.1. The zero-order valence-electron chi connectivity index (χ0n) is 17.7. The van der Waals surface area contributed by atoms with Crippen molar-refractivity contribution in [3.05, 3.63) is 34.9 Å². The lowest BCUT2D eigenvalue weighted by molar-refractivity contribution is 0.0717. The van der Waals surface area contributed by atoms with Crippen molar-refractivity contribution >= 4 is 27.5 Å². The molecule has 1 unspecified atom stereocenters. The molecule has 2 aliphatic heterocycles. The third kappa shape index (κ3) is 6.40. The van der Waals surface area contributed by atoms with Gasteiger partial charge in [-0.15, -0.1) is 0 Å². The summed E-state index contributed by atoms with van der Waals surface area (Å²) in [4.78, 5) is 17.2. The molecule has 1 aromatic carbocycles. The minimum absolute atomic E-state index is 0.0537. The predicted molar refractivity (Wildman–Crippen MR) is 120 cm³/mol. The zero-order valence-corrected chi connectivity index (χ0v) is 19.3. The van der Waals surface area contributed by atoms with Gasteiger partial charge >= 0.3 is 0 Å². The number of rotatable bonds is 8. The van der Waals surface area contributed by atoms with Crippen LogP contribution in [0.5, 0.6) is 0 Å².